The second kappa shape index (κ2) is 5.03. The van der Waals surface area contributed by atoms with Gasteiger partial charge in [-0.25, -0.2) is 0 Å². The van der Waals surface area contributed by atoms with Crippen LogP contribution in [0.15, 0.2) is 46.8 Å². The minimum atomic E-state index is -0.0386. The predicted octanol–water partition coefficient (Wildman–Crippen LogP) is 1.19. The van der Waals surface area contributed by atoms with Crippen LogP contribution in [0.5, 0.6) is 0 Å². The van der Waals surface area contributed by atoms with Gasteiger partial charge in [0.2, 0.25) is 0 Å². The molecule has 2 rings (SSSR count). The van der Waals surface area contributed by atoms with E-state index in [2.05, 4.69) is 36.5 Å². The minimum absolute atomic E-state index is 0. The summed E-state index contributed by atoms with van der Waals surface area (Å²) in [5, 5.41) is 3.39. The third-order valence-electron chi connectivity index (χ3n) is 2.15. The van der Waals surface area contributed by atoms with Crippen molar-refractivity contribution in [3.05, 3.63) is 46.8 Å². The van der Waals surface area contributed by atoms with Gasteiger partial charge in [0.1, 0.15) is 0 Å². The van der Waals surface area contributed by atoms with Crippen LogP contribution in [0, 0.1) is 0 Å². The Hall–Kier alpha value is 0.177. The van der Waals surface area contributed by atoms with E-state index in [4.69, 9.17) is 0 Å². The second-order valence-electron chi connectivity index (χ2n) is 3.09. The standard InChI is InChI=1S/C10H12Si.Na.H/c1-2-6-9(5-1)11-10-7-3-4-8-10;;/h1-5,7H,6,8,11H2;;. The van der Waals surface area contributed by atoms with E-state index in [1.807, 2.05) is 0 Å². The van der Waals surface area contributed by atoms with Gasteiger partial charge in [0.15, 0.2) is 0 Å². The summed E-state index contributed by atoms with van der Waals surface area (Å²) in [6, 6.07) is 0. The van der Waals surface area contributed by atoms with E-state index in [9.17, 15) is 0 Å². The molecule has 0 aromatic rings. The summed E-state index contributed by atoms with van der Waals surface area (Å²) >= 11 is 0. The molecular formula is C10H13NaSi. The maximum absolute atomic E-state index is 2.30. The molecule has 0 aromatic heterocycles. The van der Waals surface area contributed by atoms with Crippen molar-refractivity contribution in [2.45, 2.75) is 12.8 Å². The van der Waals surface area contributed by atoms with Gasteiger partial charge in [0.05, 0.1) is 9.52 Å². The van der Waals surface area contributed by atoms with Crippen LogP contribution < -0.4 is 0 Å². The molecule has 0 N–H and O–H groups in total. The SMILES string of the molecule is C1=CCC([SiH2]C2=CC=CC2)=C1.[NaH]. The molecule has 0 nitrogen and oxygen atoms in total. The van der Waals surface area contributed by atoms with Gasteiger partial charge in [0, 0.05) is 0 Å². The Bertz CT molecular complexity index is 244. The van der Waals surface area contributed by atoms with Crippen LogP contribution in [0.3, 0.4) is 0 Å². The average Bonchev–Trinajstić information content (AvgIpc) is 2.60. The molecule has 0 saturated carbocycles. The fraction of sp³-hybridized carbons (Fsp3) is 0.200. The molecule has 0 unspecified atom stereocenters. The van der Waals surface area contributed by atoms with Crippen molar-refractivity contribution in [2.75, 3.05) is 0 Å². The molecule has 0 saturated heterocycles. The monoisotopic (exact) mass is 184 g/mol. The molecule has 0 aromatic carbocycles. The van der Waals surface area contributed by atoms with Crippen molar-refractivity contribution >= 4 is 39.1 Å². The van der Waals surface area contributed by atoms with Gasteiger partial charge in [-0.1, -0.05) is 46.8 Å². The quantitative estimate of drug-likeness (QED) is 0.566. The average molecular weight is 184 g/mol. The fourth-order valence-corrected chi connectivity index (χ4v) is 3.25. The summed E-state index contributed by atoms with van der Waals surface area (Å²) in [6.45, 7) is 0. The first-order valence-electron chi connectivity index (χ1n) is 4.14. The zero-order valence-corrected chi connectivity index (χ0v) is 8.00. The van der Waals surface area contributed by atoms with Crippen LogP contribution >= 0.6 is 0 Å². The van der Waals surface area contributed by atoms with E-state index in [0.717, 1.165) is 0 Å². The van der Waals surface area contributed by atoms with E-state index >= 15 is 0 Å². The first-order valence-corrected chi connectivity index (χ1v) is 5.56. The Kier molecular flexibility index (Phi) is 4.30. The second-order valence-corrected chi connectivity index (χ2v) is 5.26. The van der Waals surface area contributed by atoms with Gasteiger partial charge < -0.3 is 0 Å². The van der Waals surface area contributed by atoms with Gasteiger partial charge in [-0.15, -0.1) is 0 Å². The summed E-state index contributed by atoms with van der Waals surface area (Å²) in [5.74, 6) is 0. The third kappa shape index (κ3) is 2.59. The normalized spacial score (nSPS) is 19.0. The maximum atomic E-state index is 2.30. The Balaban J connectivity index is 0.000000720. The van der Waals surface area contributed by atoms with Crippen molar-refractivity contribution < 1.29 is 0 Å². The summed E-state index contributed by atoms with van der Waals surface area (Å²) in [7, 11) is -0.0386. The van der Waals surface area contributed by atoms with E-state index in [0.29, 0.717) is 0 Å². The summed E-state index contributed by atoms with van der Waals surface area (Å²) in [5.41, 5.74) is 0. The van der Waals surface area contributed by atoms with Crippen molar-refractivity contribution in [3.63, 3.8) is 0 Å². The van der Waals surface area contributed by atoms with Gasteiger partial charge in [-0.2, -0.15) is 0 Å². The van der Waals surface area contributed by atoms with E-state index < -0.39 is 0 Å². The van der Waals surface area contributed by atoms with Crippen LogP contribution in [0.2, 0.25) is 0 Å². The molecule has 0 spiro atoms. The summed E-state index contributed by atoms with van der Waals surface area (Å²) < 4.78 is 0. The molecule has 0 radical (unpaired) electrons. The Morgan fingerprint density at radius 2 is 1.42 bits per heavy atom. The van der Waals surface area contributed by atoms with Crippen molar-refractivity contribution in [3.8, 4) is 0 Å². The first kappa shape index (κ1) is 10.3. The molecule has 2 aliphatic rings. The van der Waals surface area contributed by atoms with Crippen LogP contribution in [-0.2, 0) is 0 Å². The summed E-state index contributed by atoms with van der Waals surface area (Å²) in [6.07, 6.45) is 15.9. The molecule has 0 heterocycles. The molecule has 0 fully saturated rings. The van der Waals surface area contributed by atoms with Gasteiger partial charge in [0.25, 0.3) is 0 Å². The molecule has 0 amide bonds. The van der Waals surface area contributed by atoms with Crippen LogP contribution in [0.25, 0.3) is 0 Å². The van der Waals surface area contributed by atoms with E-state index in [1.165, 1.54) is 12.8 Å². The van der Waals surface area contributed by atoms with E-state index in [1.54, 1.807) is 10.4 Å². The topological polar surface area (TPSA) is 0 Å². The molecule has 58 valence electrons. The Morgan fingerprint density at radius 3 is 1.75 bits per heavy atom. The van der Waals surface area contributed by atoms with E-state index in [-0.39, 0.29) is 39.1 Å². The molecule has 0 atom stereocenters. The van der Waals surface area contributed by atoms with Crippen molar-refractivity contribution in [1.29, 1.82) is 0 Å². The zero-order valence-electron chi connectivity index (χ0n) is 6.59. The van der Waals surface area contributed by atoms with Crippen LogP contribution in [0.4, 0.5) is 0 Å². The predicted molar refractivity (Wildman–Crippen MR) is 59.4 cm³/mol. The molecule has 12 heavy (non-hydrogen) atoms. The van der Waals surface area contributed by atoms with Gasteiger partial charge >= 0.3 is 29.6 Å². The number of hydrogen-bond donors (Lipinski definition) is 0. The van der Waals surface area contributed by atoms with Crippen LogP contribution in [0.1, 0.15) is 12.8 Å². The third-order valence-corrected chi connectivity index (χ3v) is 4.11. The molecular weight excluding hydrogens is 171 g/mol. The zero-order chi connectivity index (χ0) is 7.52. The Morgan fingerprint density at radius 1 is 0.917 bits per heavy atom. The fourth-order valence-electron chi connectivity index (χ4n) is 1.54. The molecule has 0 bridgehead atoms. The van der Waals surface area contributed by atoms with Crippen molar-refractivity contribution in [1.82, 2.24) is 0 Å². The Labute approximate surface area is 98.2 Å². The molecule has 2 heteroatoms. The molecule has 0 aliphatic heterocycles. The summed E-state index contributed by atoms with van der Waals surface area (Å²) in [4.78, 5) is 0. The first-order chi connectivity index (χ1) is 5.45. The molecule has 2 aliphatic carbocycles. The van der Waals surface area contributed by atoms with Crippen molar-refractivity contribution in [2.24, 2.45) is 0 Å². The van der Waals surface area contributed by atoms with Crippen LogP contribution in [-0.4, -0.2) is 39.1 Å². The van der Waals surface area contributed by atoms with Gasteiger partial charge in [-0.05, 0) is 12.8 Å². The number of allylic oxidation sites excluding steroid dienone is 8. The number of rotatable bonds is 2. The number of hydrogen-bond acceptors (Lipinski definition) is 0. The van der Waals surface area contributed by atoms with Gasteiger partial charge in [-0.3, -0.25) is 0 Å².